The van der Waals surface area contributed by atoms with E-state index in [0.717, 1.165) is 32.4 Å². The van der Waals surface area contributed by atoms with Crippen LogP contribution in [0.4, 0.5) is 5.95 Å². The molecule has 132 valence electrons. The van der Waals surface area contributed by atoms with Gasteiger partial charge >= 0.3 is 0 Å². The second kappa shape index (κ2) is 6.80. The van der Waals surface area contributed by atoms with Gasteiger partial charge in [-0.05, 0) is 19.3 Å². The molecule has 1 amide bonds. The van der Waals surface area contributed by atoms with E-state index in [0.29, 0.717) is 30.8 Å². The highest BCUT2D eigenvalue weighted by Crippen LogP contribution is 2.41. The van der Waals surface area contributed by atoms with Crippen molar-refractivity contribution in [3.63, 3.8) is 0 Å². The van der Waals surface area contributed by atoms with Gasteiger partial charge in [0.05, 0.1) is 32.3 Å². The summed E-state index contributed by atoms with van der Waals surface area (Å²) in [6.07, 6.45) is 2.60. The summed E-state index contributed by atoms with van der Waals surface area (Å²) < 4.78 is 10.4. The van der Waals surface area contributed by atoms with Crippen molar-refractivity contribution in [1.82, 2.24) is 14.9 Å². The highest BCUT2D eigenvalue weighted by atomic mass is 16.5. The van der Waals surface area contributed by atoms with Crippen molar-refractivity contribution in [3.05, 3.63) is 6.07 Å². The Labute approximate surface area is 141 Å². The van der Waals surface area contributed by atoms with Gasteiger partial charge < -0.3 is 24.4 Å². The zero-order valence-electron chi connectivity index (χ0n) is 14.2. The molecule has 3 rings (SSSR count). The van der Waals surface area contributed by atoms with Crippen LogP contribution in [0.25, 0.3) is 0 Å². The Kier molecular flexibility index (Phi) is 4.75. The summed E-state index contributed by atoms with van der Waals surface area (Å²) in [5.41, 5.74) is -0.396. The SMILES string of the molecule is COc1cc(OC)nc(N2CCC3(CCCN(CCO)C3=O)C2)n1. The van der Waals surface area contributed by atoms with Crippen molar-refractivity contribution >= 4 is 11.9 Å². The first-order chi connectivity index (χ1) is 11.6. The molecule has 1 spiro atoms. The zero-order valence-corrected chi connectivity index (χ0v) is 14.2. The van der Waals surface area contributed by atoms with Crippen LogP contribution in [0.3, 0.4) is 0 Å². The van der Waals surface area contributed by atoms with Gasteiger partial charge in [-0.25, -0.2) is 0 Å². The van der Waals surface area contributed by atoms with E-state index in [1.54, 1.807) is 25.2 Å². The van der Waals surface area contributed by atoms with Crippen LogP contribution in [0.5, 0.6) is 11.8 Å². The van der Waals surface area contributed by atoms with E-state index in [1.807, 2.05) is 4.90 Å². The molecule has 24 heavy (non-hydrogen) atoms. The summed E-state index contributed by atoms with van der Waals surface area (Å²) in [6.45, 7) is 2.44. The van der Waals surface area contributed by atoms with E-state index in [4.69, 9.17) is 14.6 Å². The fraction of sp³-hybridized carbons (Fsp3) is 0.688. The molecule has 2 aliphatic rings. The van der Waals surface area contributed by atoms with Gasteiger partial charge in [0.25, 0.3) is 0 Å². The van der Waals surface area contributed by atoms with Crippen molar-refractivity contribution in [3.8, 4) is 11.8 Å². The van der Waals surface area contributed by atoms with E-state index < -0.39 is 5.41 Å². The minimum Gasteiger partial charge on any atom is -0.481 e. The number of hydrogen-bond donors (Lipinski definition) is 1. The van der Waals surface area contributed by atoms with Gasteiger partial charge in [-0.2, -0.15) is 9.97 Å². The van der Waals surface area contributed by atoms with Crippen LogP contribution >= 0.6 is 0 Å². The molecule has 2 saturated heterocycles. The van der Waals surface area contributed by atoms with Gasteiger partial charge in [0, 0.05) is 26.2 Å². The average molecular weight is 336 g/mol. The number of anilines is 1. The van der Waals surface area contributed by atoms with Crippen molar-refractivity contribution in [1.29, 1.82) is 0 Å². The second-order valence-electron chi connectivity index (χ2n) is 6.32. The Morgan fingerprint density at radius 2 is 1.92 bits per heavy atom. The van der Waals surface area contributed by atoms with Crippen LogP contribution in [0.15, 0.2) is 6.07 Å². The first-order valence-electron chi connectivity index (χ1n) is 8.24. The number of aliphatic hydroxyl groups is 1. The number of carbonyl (C=O) groups is 1. The number of methoxy groups -OCH3 is 2. The van der Waals surface area contributed by atoms with Gasteiger partial charge in [-0.3, -0.25) is 4.79 Å². The molecular formula is C16H24N4O4. The molecule has 2 aliphatic heterocycles. The third-order valence-electron chi connectivity index (χ3n) is 4.92. The first kappa shape index (κ1) is 16.8. The predicted octanol–water partition coefficient (Wildman–Crippen LogP) is 0.305. The number of ether oxygens (including phenoxy) is 2. The van der Waals surface area contributed by atoms with Crippen molar-refractivity contribution in [2.24, 2.45) is 5.41 Å². The number of piperidine rings is 1. The average Bonchev–Trinajstić information content (AvgIpc) is 3.04. The van der Waals surface area contributed by atoms with Gasteiger partial charge in [-0.1, -0.05) is 0 Å². The molecule has 0 aromatic carbocycles. The maximum Gasteiger partial charge on any atom is 0.232 e. The van der Waals surface area contributed by atoms with Gasteiger partial charge in [0.15, 0.2) is 0 Å². The Hall–Kier alpha value is -2.09. The largest absolute Gasteiger partial charge is 0.481 e. The lowest BCUT2D eigenvalue weighted by Crippen LogP contribution is -2.50. The monoisotopic (exact) mass is 336 g/mol. The third-order valence-corrected chi connectivity index (χ3v) is 4.92. The number of amides is 1. The standard InChI is InChI=1S/C16H24N4O4/c1-23-12-10-13(24-2)18-15(17-12)20-7-5-16(11-20)4-3-6-19(8-9-21)14(16)22/h10,21H,3-9,11H2,1-2H3. The molecular weight excluding hydrogens is 312 g/mol. The topological polar surface area (TPSA) is 88.0 Å². The summed E-state index contributed by atoms with van der Waals surface area (Å²) in [6, 6.07) is 1.63. The maximum absolute atomic E-state index is 12.9. The first-order valence-corrected chi connectivity index (χ1v) is 8.24. The summed E-state index contributed by atoms with van der Waals surface area (Å²) in [5, 5.41) is 9.16. The van der Waals surface area contributed by atoms with Crippen LogP contribution in [-0.4, -0.2) is 72.9 Å². The summed E-state index contributed by atoms with van der Waals surface area (Å²) in [5.74, 6) is 1.54. The van der Waals surface area contributed by atoms with Crippen LogP contribution in [0.1, 0.15) is 19.3 Å². The third kappa shape index (κ3) is 2.98. The van der Waals surface area contributed by atoms with Crippen LogP contribution < -0.4 is 14.4 Å². The molecule has 0 radical (unpaired) electrons. The lowest BCUT2D eigenvalue weighted by molar-refractivity contribution is -0.145. The van der Waals surface area contributed by atoms with Gasteiger partial charge in [0.1, 0.15) is 0 Å². The van der Waals surface area contributed by atoms with E-state index in [2.05, 4.69) is 9.97 Å². The highest BCUT2D eigenvalue weighted by molar-refractivity contribution is 5.85. The van der Waals surface area contributed by atoms with Gasteiger partial charge in [-0.15, -0.1) is 0 Å². The Morgan fingerprint density at radius 3 is 2.54 bits per heavy atom. The number of aliphatic hydroxyl groups excluding tert-OH is 1. The molecule has 1 atom stereocenters. The van der Waals surface area contributed by atoms with Gasteiger partial charge in [0.2, 0.25) is 23.6 Å². The Bertz CT molecular complexity index is 587. The number of aromatic nitrogens is 2. The van der Waals surface area contributed by atoms with Crippen molar-refractivity contribution < 1.29 is 19.4 Å². The fourth-order valence-electron chi connectivity index (χ4n) is 3.65. The molecule has 3 heterocycles. The smallest absolute Gasteiger partial charge is 0.232 e. The van der Waals surface area contributed by atoms with E-state index in [1.165, 1.54) is 0 Å². The zero-order chi connectivity index (χ0) is 17.2. The van der Waals surface area contributed by atoms with Crippen molar-refractivity contribution in [2.45, 2.75) is 19.3 Å². The maximum atomic E-state index is 12.9. The molecule has 1 aromatic heterocycles. The Morgan fingerprint density at radius 1 is 1.21 bits per heavy atom. The number of rotatable bonds is 5. The van der Waals surface area contributed by atoms with Crippen molar-refractivity contribution in [2.75, 3.05) is 51.9 Å². The second-order valence-corrected chi connectivity index (χ2v) is 6.32. The summed E-state index contributed by atoms with van der Waals surface area (Å²) in [4.78, 5) is 25.4. The molecule has 1 aromatic rings. The minimum absolute atomic E-state index is 0.00171. The van der Waals surface area contributed by atoms with E-state index >= 15 is 0 Å². The number of hydrogen-bond acceptors (Lipinski definition) is 7. The van der Waals surface area contributed by atoms with Crippen LogP contribution in [0, 0.1) is 5.41 Å². The molecule has 0 bridgehead atoms. The number of likely N-dealkylation sites (tertiary alicyclic amines) is 1. The fourth-order valence-corrected chi connectivity index (χ4v) is 3.65. The number of carbonyl (C=O) groups excluding carboxylic acids is 1. The number of nitrogens with zero attached hydrogens (tertiary/aromatic N) is 4. The lowest BCUT2D eigenvalue weighted by atomic mass is 9.78. The lowest BCUT2D eigenvalue weighted by Gasteiger charge is -2.39. The number of β-amino-alcohol motifs (C(OH)–C–C–N with tert-alkyl or cyclic N) is 1. The molecule has 1 N–H and O–H groups in total. The molecule has 1 unspecified atom stereocenters. The van der Waals surface area contributed by atoms with E-state index in [-0.39, 0.29) is 12.5 Å². The van der Waals surface area contributed by atoms with Crippen LogP contribution in [-0.2, 0) is 4.79 Å². The summed E-state index contributed by atoms with van der Waals surface area (Å²) in [7, 11) is 3.10. The Balaban J connectivity index is 1.81. The highest BCUT2D eigenvalue weighted by Gasteiger charge is 2.48. The van der Waals surface area contributed by atoms with E-state index in [9.17, 15) is 4.79 Å². The normalized spacial score (nSPS) is 23.9. The quantitative estimate of drug-likeness (QED) is 0.827. The molecule has 8 nitrogen and oxygen atoms in total. The molecule has 0 aliphatic carbocycles. The molecule has 0 saturated carbocycles. The summed E-state index contributed by atoms with van der Waals surface area (Å²) >= 11 is 0. The molecule has 8 heteroatoms. The minimum atomic E-state index is -0.396. The predicted molar refractivity (Wildman–Crippen MR) is 87.3 cm³/mol. The molecule has 2 fully saturated rings. The van der Waals surface area contributed by atoms with Crippen LogP contribution in [0.2, 0.25) is 0 Å².